The molecule has 2 aromatic heterocycles. The zero-order valence-corrected chi connectivity index (χ0v) is 36.2. The Balaban J connectivity index is 1.49. The summed E-state index contributed by atoms with van der Waals surface area (Å²) in [6.07, 6.45) is -5.28. The van der Waals surface area contributed by atoms with Gasteiger partial charge in [0.1, 0.15) is 0 Å². The van der Waals surface area contributed by atoms with E-state index in [0.717, 1.165) is 41.5 Å². The first kappa shape index (κ1) is 46.3. The van der Waals surface area contributed by atoms with Crippen molar-refractivity contribution < 1.29 is 75.4 Å². The summed E-state index contributed by atoms with van der Waals surface area (Å²) in [5.41, 5.74) is 1.04. The Morgan fingerprint density at radius 2 is 0.937 bits per heavy atom. The summed E-state index contributed by atoms with van der Waals surface area (Å²) >= 11 is -1.21. The molecule has 2 aliphatic rings. The maximum absolute atomic E-state index is 14.3. The van der Waals surface area contributed by atoms with E-state index in [1.54, 1.807) is 12.1 Å². The normalized spacial score (nSPS) is 25.6. The number of benzene rings is 2. The minimum absolute atomic E-state index is 0.186. The Labute approximate surface area is 363 Å². The summed E-state index contributed by atoms with van der Waals surface area (Å²) in [4.78, 5) is 75.7. The van der Waals surface area contributed by atoms with Gasteiger partial charge in [0.15, 0.2) is 0 Å². The second kappa shape index (κ2) is 20.4. The topological polar surface area (TPSA) is 238 Å². The molecule has 2 saturated heterocycles. The van der Waals surface area contributed by atoms with Gasteiger partial charge in [0.05, 0.1) is 0 Å². The van der Waals surface area contributed by atoms with Gasteiger partial charge in [-0.25, -0.2) is 0 Å². The van der Waals surface area contributed by atoms with Crippen molar-refractivity contribution in [2.75, 3.05) is 13.2 Å². The van der Waals surface area contributed by atoms with Gasteiger partial charge >= 0.3 is 365 Å². The Kier molecular flexibility index (Phi) is 15.0. The molecule has 10 atom stereocenters. The van der Waals surface area contributed by atoms with E-state index in [4.69, 9.17) is 37.9 Å². The molecule has 6 rings (SSSR count). The van der Waals surface area contributed by atoms with E-state index in [0.29, 0.717) is 11.1 Å². The summed E-state index contributed by atoms with van der Waals surface area (Å²) < 4.78 is 78.4. The number of hydrogen-bond acceptors (Lipinski definition) is 18. The van der Waals surface area contributed by atoms with Crippen molar-refractivity contribution in [3.8, 4) is 22.5 Å². The molecule has 0 aliphatic carbocycles. The summed E-state index contributed by atoms with van der Waals surface area (Å²) in [6, 6.07) is 8.49. The minimum atomic E-state index is -1.41. The average molecular weight is 948 g/mol. The fourth-order valence-electron chi connectivity index (χ4n) is 7.12. The third-order valence-electron chi connectivity index (χ3n) is 9.48. The van der Waals surface area contributed by atoms with Crippen LogP contribution in [-0.4, -0.2) is 141 Å². The van der Waals surface area contributed by atoms with E-state index in [9.17, 15) is 37.5 Å². The summed E-state index contributed by atoms with van der Waals surface area (Å²) in [6.45, 7) is 5.84. The first-order valence-electron chi connectivity index (χ1n) is 19.2. The second-order valence-corrected chi connectivity index (χ2v) is 16.8. The third-order valence-corrected chi connectivity index (χ3v) is 12.2. The molecule has 0 saturated carbocycles. The van der Waals surface area contributed by atoms with Crippen LogP contribution < -0.4 is 0 Å². The third kappa shape index (κ3) is 11.7. The Bertz CT molecular complexity index is 2170. The van der Waals surface area contributed by atoms with Crippen molar-refractivity contribution >= 4 is 50.8 Å². The number of halogens is 2. The molecule has 0 bridgehead atoms. The van der Waals surface area contributed by atoms with Crippen molar-refractivity contribution in [1.82, 2.24) is 30.0 Å². The molecule has 4 aromatic rings. The number of nitrogens with zero attached hydrogens (tertiary/aromatic N) is 6. The van der Waals surface area contributed by atoms with Crippen LogP contribution in [0.1, 0.15) is 53.6 Å². The Morgan fingerprint density at radius 1 is 0.571 bits per heavy atom. The molecule has 0 unspecified atom stereocenters. The standard InChI is InChI=1S/C40H42F2N6O14Se/c1-19(49)55-17-31-35(57-21(3)51)33(47-15-29(43-45-47)25-9-7-11-27(41)13-25)37(59-23(5)53)39(61-31)63-40-38(60-24(6)54)34(36(58-22(4)52)32(62-40)18-56-20(2)50)48-16-30(44-46-48)26-10-8-12-28(42)14-26/h7-16,31-40H,17-18H2,1-6H3/t31-,32-,33+,34+,35+,36+,37-,38-,39+,40+/m1/s1. The van der Waals surface area contributed by atoms with Gasteiger partial charge in [0, 0.05) is 0 Å². The first-order valence-corrected chi connectivity index (χ1v) is 21.2. The number of hydrogen-bond donors (Lipinski definition) is 0. The van der Waals surface area contributed by atoms with Gasteiger partial charge in [-0.3, -0.25) is 0 Å². The molecule has 2 aromatic carbocycles. The van der Waals surface area contributed by atoms with E-state index >= 15 is 0 Å². The molecule has 2 aliphatic heterocycles. The van der Waals surface area contributed by atoms with E-state index in [-0.39, 0.29) is 11.4 Å². The molecular formula is C40H42F2N6O14Se. The molecule has 23 heteroatoms. The van der Waals surface area contributed by atoms with Crippen LogP contribution in [0.2, 0.25) is 0 Å². The van der Waals surface area contributed by atoms with Crippen LogP contribution in [0.4, 0.5) is 8.78 Å². The van der Waals surface area contributed by atoms with Crippen LogP contribution in [0.25, 0.3) is 22.5 Å². The molecule has 2 fully saturated rings. The van der Waals surface area contributed by atoms with E-state index in [2.05, 4.69) is 20.6 Å². The number of esters is 6. The van der Waals surface area contributed by atoms with Crippen LogP contribution in [0.3, 0.4) is 0 Å². The van der Waals surface area contributed by atoms with E-state index < -0.39 is 134 Å². The molecule has 0 spiro atoms. The van der Waals surface area contributed by atoms with Crippen molar-refractivity contribution in [2.24, 2.45) is 0 Å². The van der Waals surface area contributed by atoms with Crippen molar-refractivity contribution in [2.45, 2.75) is 100 Å². The number of carbonyl (C=O) groups is 6. The van der Waals surface area contributed by atoms with Gasteiger partial charge in [0.25, 0.3) is 0 Å². The molecule has 0 radical (unpaired) electrons. The van der Waals surface area contributed by atoms with Gasteiger partial charge in [-0.05, 0) is 0 Å². The fraction of sp³-hybridized carbons (Fsp3) is 0.450. The average Bonchev–Trinajstić information content (AvgIpc) is 3.89. The first-order chi connectivity index (χ1) is 30.0. The number of carbonyl (C=O) groups excluding carboxylic acids is 6. The van der Waals surface area contributed by atoms with Crippen LogP contribution in [0.5, 0.6) is 0 Å². The van der Waals surface area contributed by atoms with Gasteiger partial charge < -0.3 is 0 Å². The molecule has 336 valence electrons. The maximum atomic E-state index is 14.3. The second-order valence-electron chi connectivity index (χ2n) is 14.3. The SMILES string of the molecule is CC(=O)OC[C@H]1O[C@@H]([Se][C@@H]2O[C@H](COC(C)=O)[C@H](OC(C)=O)[C@H](n3cc(-c4cccc(F)c4)nn3)[C@H]2OC(C)=O)[C@H](OC(C)=O)[C@@H](n2cc(-c3cccc(F)c3)nn2)[C@H]1OC(C)=O. The molecule has 20 nitrogen and oxygen atoms in total. The molecule has 0 amide bonds. The van der Waals surface area contributed by atoms with Crippen molar-refractivity contribution in [1.29, 1.82) is 0 Å². The molecule has 63 heavy (non-hydrogen) atoms. The monoisotopic (exact) mass is 948 g/mol. The predicted octanol–water partition coefficient (Wildman–Crippen LogP) is 2.27. The number of rotatable bonds is 14. The number of ether oxygens (including phenoxy) is 8. The van der Waals surface area contributed by atoms with Crippen LogP contribution >= 0.6 is 0 Å². The summed E-state index contributed by atoms with van der Waals surface area (Å²) in [7, 11) is 0. The molecule has 0 N–H and O–H groups in total. The fourth-order valence-corrected chi connectivity index (χ4v) is 10.1. The van der Waals surface area contributed by atoms with Gasteiger partial charge in [-0.15, -0.1) is 0 Å². The van der Waals surface area contributed by atoms with Gasteiger partial charge in [0.2, 0.25) is 0 Å². The summed E-state index contributed by atoms with van der Waals surface area (Å²) in [5, 5.41) is 14.4. The van der Waals surface area contributed by atoms with E-state index in [1.807, 2.05) is 0 Å². The Hall–Kier alpha value is -6.16. The Morgan fingerprint density at radius 3 is 1.27 bits per heavy atom. The summed E-state index contributed by atoms with van der Waals surface area (Å²) in [5.74, 6) is -5.73. The number of aromatic nitrogens is 6. The zero-order chi connectivity index (χ0) is 45.5. The zero-order valence-electron chi connectivity index (χ0n) is 34.5. The van der Waals surface area contributed by atoms with Crippen molar-refractivity contribution in [3.63, 3.8) is 0 Å². The van der Waals surface area contributed by atoms with E-state index in [1.165, 1.54) is 58.2 Å². The van der Waals surface area contributed by atoms with Gasteiger partial charge in [-0.1, -0.05) is 0 Å². The van der Waals surface area contributed by atoms with Crippen LogP contribution in [-0.2, 0) is 66.7 Å². The van der Waals surface area contributed by atoms with Crippen LogP contribution in [0, 0.1) is 11.6 Å². The predicted molar refractivity (Wildman–Crippen MR) is 207 cm³/mol. The van der Waals surface area contributed by atoms with Gasteiger partial charge in [-0.2, -0.15) is 0 Å². The molecular weight excluding hydrogens is 905 g/mol. The van der Waals surface area contributed by atoms with Crippen LogP contribution in [0.15, 0.2) is 60.9 Å². The quantitative estimate of drug-likeness (QED) is 0.100. The van der Waals surface area contributed by atoms with Crippen molar-refractivity contribution in [3.05, 3.63) is 72.6 Å². The molecule has 4 heterocycles.